The Bertz CT molecular complexity index is 1370. The van der Waals surface area contributed by atoms with Crippen molar-refractivity contribution in [2.24, 2.45) is 0 Å². The Balaban J connectivity index is 4.56. The summed E-state index contributed by atoms with van der Waals surface area (Å²) in [4.78, 5) is 36.8. The lowest BCUT2D eigenvalue weighted by Crippen LogP contribution is -2.55. The number of likely N-dealkylation sites (N-methyl/N-ethyl adjacent to an activating group) is 1. The lowest BCUT2D eigenvalue weighted by atomic mass is 10.1. The van der Waals surface area contributed by atoms with Crippen molar-refractivity contribution in [3.8, 4) is 0 Å². The molecule has 0 aromatic heterocycles. The third-order valence-corrected chi connectivity index (χ3v) is 8.86. The van der Waals surface area contributed by atoms with Crippen molar-refractivity contribution in [1.29, 1.82) is 0 Å². The van der Waals surface area contributed by atoms with Gasteiger partial charge in [0, 0.05) is 19.3 Å². The molecular formula is C51H79NO7. The van der Waals surface area contributed by atoms with Gasteiger partial charge in [0.25, 0.3) is 0 Å². The zero-order chi connectivity index (χ0) is 43.5. The van der Waals surface area contributed by atoms with E-state index in [1.807, 2.05) is 12.2 Å². The van der Waals surface area contributed by atoms with E-state index in [0.717, 1.165) is 89.9 Å². The molecule has 0 heterocycles. The Morgan fingerprint density at radius 2 is 0.932 bits per heavy atom. The second-order valence-corrected chi connectivity index (χ2v) is 15.2. The standard InChI is InChI=1S/C51H79NO7/c1-6-8-10-12-14-16-18-20-22-24-25-26-28-30-32-34-36-38-40-42-50(54)59-47(45-57-44-43-48(51(55)56)52(3,4)5)46-58-49(53)41-39-37-35-33-31-29-27-23-21-19-17-15-13-11-9-7-2/h8-11,14-17,20-23,25-26,29-32,36,38,47-48H,6-7,12-13,18-19,24,27-28,33-35,37,39-46H2,1-5H3/b10-8+,11-9+,16-14+,17-15+,22-20+,23-21+,26-25+,31-29+,32-30+,38-36+. The number of hydrogen-bond acceptors (Lipinski definition) is 7. The summed E-state index contributed by atoms with van der Waals surface area (Å²) in [6.45, 7) is 4.28. The molecule has 330 valence electrons. The van der Waals surface area contributed by atoms with Gasteiger partial charge in [-0.1, -0.05) is 142 Å². The van der Waals surface area contributed by atoms with Crippen molar-refractivity contribution in [3.05, 3.63) is 122 Å². The molecule has 0 spiro atoms. The van der Waals surface area contributed by atoms with Crippen LogP contribution in [0.2, 0.25) is 0 Å². The van der Waals surface area contributed by atoms with Crippen LogP contribution in [-0.4, -0.2) is 75.5 Å². The summed E-state index contributed by atoms with van der Waals surface area (Å²) < 4.78 is 17.0. The number of nitrogens with zero attached hydrogens (tertiary/aromatic N) is 1. The smallest absolute Gasteiger partial charge is 0.306 e. The van der Waals surface area contributed by atoms with Crippen LogP contribution < -0.4 is 5.11 Å². The normalized spacial score (nSPS) is 14.1. The molecule has 8 nitrogen and oxygen atoms in total. The zero-order valence-electron chi connectivity index (χ0n) is 37.4. The largest absolute Gasteiger partial charge is 0.544 e. The molecule has 0 saturated carbocycles. The molecule has 0 amide bonds. The van der Waals surface area contributed by atoms with E-state index >= 15 is 0 Å². The lowest BCUT2D eigenvalue weighted by molar-refractivity contribution is -0.889. The van der Waals surface area contributed by atoms with Crippen LogP contribution in [0.5, 0.6) is 0 Å². The van der Waals surface area contributed by atoms with Gasteiger partial charge < -0.3 is 28.6 Å². The molecular weight excluding hydrogens is 739 g/mol. The number of quaternary nitrogens is 1. The van der Waals surface area contributed by atoms with Crippen LogP contribution in [0.1, 0.15) is 129 Å². The van der Waals surface area contributed by atoms with E-state index in [0.29, 0.717) is 6.42 Å². The van der Waals surface area contributed by atoms with Crippen LogP contribution in [0.3, 0.4) is 0 Å². The van der Waals surface area contributed by atoms with Crippen molar-refractivity contribution in [2.45, 2.75) is 142 Å². The Kier molecular flexibility index (Phi) is 37.6. The van der Waals surface area contributed by atoms with Crippen LogP contribution >= 0.6 is 0 Å². The maximum atomic E-state index is 12.7. The van der Waals surface area contributed by atoms with Gasteiger partial charge in [0.2, 0.25) is 0 Å². The SMILES string of the molecule is CC/C=C/C/C=C/C/C=C/C/C=C/C/C=C/C/C=C/CCC(=O)OC(COCCC(C(=O)[O-])[N+](C)(C)C)COC(=O)CCCCC/C=C/C/C=C/C/C=C/C/C=C/CC. The first-order valence-electron chi connectivity index (χ1n) is 22.1. The highest BCUT2D eigenvalue weighted by molar-refractivity contribution is 5.70. The fourth-order valence-electron chi connectivity index (χ4n) is 5.50. The summed E-state index contributed by atoms with van der Waals surface area (Å²) in [7, 11) is 5.35. The van der Waals surface area contributed by atoms with Crippen molar-refractivity contribution in [3.63, 3.8) is 0 Å². The molecule has 0 bridgehead atoms. The number of carboxylic acid groups (broad SMARTS) is 1. The van der Waals surface area contributed by atoms with Gasteiger partial charge in [-0.3, -0.25) is 9.59 Å². The van der Waals surface area contributed by atoms with Crippen LogP contribution in [-0.2, 0) is 28.6 Å². The van der Waals surface area contributed by atoms with E-state index in [4.69, 9.17) is 14.2 Å². The van der Waals surface area contributed by atoms with Gasteiger partial charge in [0.1, 0.15) is 12.6 Å². The molecule has 2 atom stereocenters. The number of carbonyl (C=O) groups excluding carboxylic acids is 3. The van der Waals surface area contributed by atoms with Gasteiger partial charge in [-0.05, 0) is 89.9 Å². The molecule has 0 aliphatic rings. The summed E-state index contributed by atoms with van der Waals surface area (Å²) >= 11 is 0. The number of ether oxygens (including phenoxy) is 3. The third kappa shape index (κ3) is 39.0. The van der Waals surface area contributed by atoms with E-state index in [-0.39, 0.29) is 49.5 Å². The van der Waals surface area contributed by atoms with E-state index in [1.54, 1.807) is 21.1 Å². The molecule has 0 radical (unpaired) electrons. The average molecular weight is 818 g/mol. The number of carbonyl (C=O) groups is 3. The molecule has 2 unspecified atom stereocenters. The minimum Gasteiger partial charge on any atom is -0.544 e. The average Bonchev–Trinajstić information content (AvgIpc) is 3.19. The fraction of sp³-hybridized carbons (Fsp3) is 0.549. The minimum absolute atomic E-state index is 0.00922. The molecule has 0 aromatic carbocycles. The third-order valence-electron chi connectivity index (χ3n) is 8.86. The summed E-state index contributed by atoms with van der Waals surface area (Å²) in [6, 6.07) is -0.752. The monoisotopic (exact) mass is 818 g/mol. The summed E-state index contributed by atoms with van der Waals surface area (Å²) in [5, 5.41) is 11.6. The van der Waals surface area contributed by atoms with Gasteiger partial charge in [-0.15, -0.1) is 0 Å². The maximum absolute atomic E-state index is 12.7. The van der Waals surface area contributed by atoms with Crippen LogP contribution in [0.25, 0.3) is 0 Å². The number of esters is 2. The Labute approximate surface area is 359 Å². The molecule has 0 aromatic rings. The molecule has 8 heteroatoms. The highest BCUT2D eigenvalue weighted by Gasteiger charge is 2.25. The van der Waals surface area contributed by atoms with Crippen LogP contribution in [0.15, 0.2) is 122 Å². The molecule has 0 fully saturated rings. The predicted molar refractivity (Wildman–Crippen MR) is 244 cm³/mol. The van der Waals surface area contributed by atoms with Gasteiger partial charge >= 0.3 is 11.9 Å². The molecule has 0 saturated heterocycles. The van der Waals surface area contributed by atoms with Crippen molar-refractivity contribution < 1.29 is 38.2 Å². The van der Waals surface area contributed by atoms with E-state index in [2.05, 4.69) is 123 Å². The summed E-state index contributed by atoms with van der Waals surface area (Å²) in [5.41, 5.74) is 0. The first kappa shape index (κ1) is 54.7. The van der Waals surface area contributed by atoms with Crippen molar-refractivity contribution in [1.82, 2.24) is 0 Å². The minimum atomic E-state index is -1.15. The van der Waals surface area contributed by atoms with E-state index in [9.17, 15) is 19.5 Å². The van der Waals surface area contributed by atoms with Gasteiger partial charge in [0.15, 0.2) is 6.10 Å². The van der Waals surface area contributed by atoms with E-state index in [1.165, 1.54) is 0 Å². The summed E-state index contributed by atoms with van der Waals surface area (Å²) in [6.07, 6.45) is 56.7. The number of rotatable bonds is 37. The fourth-order valence-corrected chi connectivity index (χ4v) is 5.50. The van der Waals surface area contributed by atoms with Gasteiger partial charge in [-0.25, -0.2) is 0 Å². The van der Waals surface area contributed by atoms with E-state index < -0.39 is 24.1 Å². The number of allylic oxidation sites excluding steroid dienone is 20. The second kappa shape index (κ2) is 40.5. The molecule has 0 N–H and O–H groups in total. The van der Waals surface area contributed by atoms with Crippen molar-refractivity contribution >= 4 is 17.9 Å². The first-order valence-corrected chi connectivity index (χ1v) is 22.1. The highest BCUT2D eigenvalue weighted by atomic mass is 16.6. The highest BCUT2D eigenvalue weighted by Crippen LogP contribution is 2.10. The zero-order valence-corrected chi connectivity index (χ0v) is 37.4. The van der Waals surface area contributed by atoms with Gasteiger partial charge in [0.05, 0.1) is 40.3 Å². The Morgan fingerprint density at radius 1 is 0.508 bits per heavy atom. The first-order chi connectivity index (χ1) is 28.6. The number of hydrogen-bond donors (Lipinski definition) is 0. The summed E-state index contributed by atoms with van der Waals surface area (Å²) in [5.74, 6) is -1.91. The molecule has 59 heavy (non-hydrogen) atoms. The maximum Gasteiger partial charge on any atom is 0.306 e. The number of aliphatic carboxylic acids is 1. The number of carboxylic acids is 1. The second-order valence-electron chi connectivity index (χ2n) is 15.2. The molecule has 0 aliphatic heterocycles. The Hall–Kier alpha value is -4.27. The molecule has 0 rings (SSSR count). The lowest BCUT2D eigenvalue weighted by Gasteiger charge is -2.34. The predicted octanol–water partition coefficient (Wildman–Crippen LogP) is 10.9. The molecule has 0 aliphatic carbocycles. The van der Waals surface area contributed by atoms with Crippen LogP contribution in [0, 0.1) is 0 Å². The Morgan fingerprint density at radius 3 is 1.36 bits per heavy atom. The quantitative estimate of drug-likeness (QED) is 0.0266. The van der Waals surface area contributed by atoms with Crippen molar-refractivity contribution in [2.75, 3.05) is 41.0 Å². The number of unbranched alkanes of at least 4 members (excludes halogenated alkanes) is 3. The van der Waals surface area contributed by atoms with Crippen LogP contribution in [0.4, 0.5) is 0 Å². The van der Waals surface area contributed by atoms with Gasteiger partial charge in [-0.2, -0.15) is 0 Å². The topological polar surface area (TPSA) is 102 Å².